The number of hydrogen-bond acceptors (Lipinski definition) is 1. The van der Waals surface area contributed by atoms with Crippen LogP contribution in [-0.2, 0) is 4.79 Å². The standard InChI is InChI=1S/C11H14BrNO/c1-8(2)13(9(3)14)11-6-4-10(12)5-7-11/h4-8H,1-3H3. The topological polar surface area (TPSA) is 20.3 Å². The van der Waals surface area contributed by atoms with Gasteiger partial charge >= 0.3 is 0 Å². The van der Waals surface area contributed by atoms with E-state index < -0.39 is 0 Å². The molecule has 0 aliphatic rings. The third-order valence-electron chi connectivity index (χ3n) is 1.96. The summed E-state index contributed by atoms with van der Waals surface area (Å²) in [5, 5.41) is 0. The van der Waals surface area contributed by atoms with Gasteiger partial charge in [-0.1, -0.05) is 15.9 Å². The third kappa shape index (κ3) is 2.58. The summed E-state index contributed by atoms with van der Waals surface area (Å²) in [4.78, 5) is 13.2. The van der Waals surface area contributed by atoms with Gasteiger partial charge in [0.25, 0.3) is 0 Å². The lowest BCUT2D eigenvalue weighted by Gasteiger charge is -2.25. The number of nitrogens with zero attached hydrogens (tertiary/aromatic N) is 1. The molecule has 1 aromatic rings. The van der Waals surface area contributed by atoms with Gasteiger partial charge in [-0.2, -0.15) is 0 Å². The van der Waals surface area contributed by atoms with Crippen LogP contribution in [0.5, 0.6) is 0 Å². The molecule has 0 heterocycles. The van der Waals surface area contributed by atoms with Crippen molar-refractivity contribution in [3.63, 3.8) is 0 Å². The Morgan fingerprint density at radius 3 is 2.14 bits per heavy atom. The summed E-state index contributed by atoms with van der Waals surface area (Å²) in [6.45, 7) is 5.59. The van der Waals surface area contributed by atoms with E-state index in [1.54, 1.807) is 11.8 Å². The summed E-state index contributed by atoms with van der Waals surface area (Å²) >= 11 is 3.37. The molecule has 3 heteroatoms. The van der Waals surface area contributed by atoms with Gasteiger partial charge in [-0.3, -0.25) is 4.79 Å². The molecule has 1 rings (SSSR count). The Morgan fingerprint density at radius 1 is 1.29 bits per heavy atom. The van der Waals surface area contributed by atoms with Gasteiger partial charge in [0, 0.05) is 23.1 Å². The van der Waals surface area contributed by atoms with Crippen LogP contribution in [0.1, 0.15) is 20.8 Å². The molecule has 0 unspecified atom stereocenters. The first-order valence-electron chi connectivity index (χ1n) is 4.57. The van der Waals surface area contributed by atoms with Gasteiger partial charge in [-0.25, -0.2) is 0 Å². The van der Waals surface area contributed by atoms with Crippen LogP contribution in [0.15, 0.2) is 28.7 Å². The zero-order chi connectivity index (χ0) is 10.7. The minimum Gasteiger partial charge on any atom is -0.310 e. The van der Waals surface area contributed by atoms with Gasteiger partial charge in [0.2, 0.25) is 5.91 Å². The Kier molecular flexibility index (Phi) is 3.69. The first kappa shape index (κ1) is 11.2. The Hall–Kier alpha value is -0.830. The van der Waals surface area contributed by atoms with Crippen molar-refractivity contribution in [1.29, 1.82) is 0 Å². The van der Waals surface area contributed by atoms with Crippen molar-refractivity contribution >= 4 is 27.5 Å². The number of carbonyl (C=O) groups is 1. The van der Waals surface area contributed by atoms with Crippen molar-refractivity contribution in [3.05, 3.63) is 28.7 Å². The summed E-state index contributed by atoms with van der Waals surface area (Å²) in [7, 11) is 0. The highest BCUT2D eigenvalue weighted by Crippen LogP contribution is 2.20. The number of benzene rings is 1. The van der Waals surface area contributed by atoms with E-state index in [9.17, 15) is 4.79 Å². The largest absolute Gasteiger partial charge is 0.310 e. The van der Waals surface area contributed by atoms with Crippen LogP contribution in [0.2, 0.25) is 0 Å². The van der Waals surface area contributed by atoms with Crippen LogP contribution in [0, 0.1) is 0 Å². The summed E-state index contributed by atoms with van der Waals surface area (Å²) < 4.78 is 1.02. The molecule has 0 saturated heterocycles. The molecule has 0 aliphatic carbocycles. The van der Waals surface area contributed by atoms with Crippen LogP contribution in [0.3, 0.4) is 0 Å². The van der Waals surface area contributed by atoms with Gasteiger partial charge in [-0.15, -0.1) is 0 Å². The Bertz CT molecular complexity index is 319. The smallest absolute Gasteiger partial charge is 0.224 e. The van der Waals surface area contributed by atoms with Crippen molar-refractivity contribution < 1.29 is 4.79 Å². The fourth-order valence-electron chi connectivity index (χ4n) is 1.45. The van der Waals surface area contributed by atoms with E-state index >= 15 is 0 Å². The van der Waals surface area contributed by atoms with Crippen molar-refractivity contribution in [2.75, 3.05) is 4.90 Å². The SMILES string of the molecule is CC(=O)N(c1ccc(Br)cc1)C(C)C. The van der Waals surface area contributed by atoms with Gasteiger partial charge < -0.3 is 4.90 Å². The van der Waals surface area contributed by atoms with Crippen LogP contribution in [0.25, 0.3) is 0 Å². The first-order valence-corrected chi connectivity index (χ1v) is 5.37. The predicted molar refractivity (Wildman–Crippen MR) is 62.4 cm³/mol. The average Bonchev–Trinajstić information content (AvgIpc) is 2.07. The zero-order valence-corrected chi connectivity index (χ0v) is 10.2. The van der Waals surface area contributed by atoms with Crippen molar-refractivity contribution in [3.8, 4) is 0 Å². The van der Waals surface area contributed by atoms with Crippen LogP contribution in [-0.4, -0.2) is 11.9 Å². The Labute approximate surface area is 93.0 Å². The summed E-state index contributed by atoms with van der Waals surface area (Å²) in [5.41, 5.74) is 0.940. The van der Waals surface area contributed by atoms with Gasteiger partial charge in [0.05, 0.1) is 0 Å². The Morgan fingerprint density at radius 2 is 1.79 bits per heavy atom. The molecule has 1 aromatic carbocycles. The van der Waals surface area contributed by atoms with Gasteiger partial charge in [-0.05, 0) is 38.1 Å². The molecule has 0 atom stereocenters. The second kappa shape index (κ2) is 4.60. The lowest BCUT2D eigenvalue weighted by Crippen LogP contribution is -2.34. The van der Waals surface area contributed by atoms with Crippen molar-refractivity contribution in [2.45, 2.75) is 26.8 Å². The molecule has 2 nitrogen and oxygen atoms in total. The van der Waals surface area contributed by atoms with Crippen molar-refractivity contribution in [2.24, 2.45) is 0 Å². The molecule has 14 heavy (non-hydrogen) atoms. The second-order valence-corrected chi connectivity index (χ2v) is 4.37. The van der Waals surface area contributed by atoms with E-state index in [-0.39, 0.29) is 11.9 Å². The van der Waals surface area contributed by atoms with E-state index in [0.29, 0.717) is 0 Å². The van der Waals surface area contributed by atoms with Crippen LogP contribution in [0.4, 0.5) is 5.69 Å². The summed E-state index contributed by atoms with van der Waals surface area (Å²) in [6, 6.07) is 7.94. The number of anilines is 1. The monoisotopic (exact) mass is 255 g/mol. The number of hydrogen-bond donors (Lipinski definition) is 0. The highest BCUT2D eigenvalue weighted by atomic mass is 79.9. The normalized spacial score (nSPS) is 10.4. The quantitative estimate of drug-likeness (QED) is 0.795. The van der Waals surface area contributed by atoms with Crippen molar-refractivity contribution in [1.82, 2.24) is 0 Å². The molecule has 0 N–H and O–H groups in total. The fraction of sp³-hybridized carbons (Fsp3) is 0.364. The van der Waals surface area contributed by atoms with E-state index in [4.69, 9.17) is 0 Å². The number of halogens is 1. The van der Waals surface area contributed by atoms with Crippen LogP contribution >= 0.6 is 15.9 Å². The molecule has 0 aliphatic heterocycles. The van der Waals surface area contributed by atoms with Crippen LogP contribution < -0.4 is 4.90 Å². The highest BCUT2D eigenvalue weighted by molar-refractivity contribution is 9.10. The highest BCUT2D eigenvalue weighted by Gasteiger charge is 2.14. The maximum atomic E-state index is 11.4. The lowest BCUT2D eigenvalue weighted by atomic mass is 10.2. The maximum Gasteiger partial charge on any atom is 0.224 e. The molecule has 0 aromatic heterocycles. The van der Waals surface area contributed by atoms with E-state index in [1.807, 2.05) is 38.1 Å². The molecule has 0 radical (unpaired) electrons. The molecule has 1 amide bonds. The van der Waals surface area contributed by atoms with Gasteiger partial charge in [0.1, 0.15) is 0 Å². The minimum atomic E-state index is 0.0716. The average molecular weight is 256 g/mol. The molecule has 0 spiro atoms. The second-order valence-electron chi connectivity index (χ2n) is 3.46. The number of amides is 1. The van der Waals surface area contributed by atoms with E-state index in [2.05, 4.69) is 15.9 Å². The third-order valence-corrected chi connectivity index (χ3v) is 2.49. The molecule has 76 valence electrons. The first-order chi connectivity index (χ1) is 6.52. The fourth-order valence-corrected chi connectivity index (χ4v) is 1.71. The molecule has 0 fully saturated rings. The lowest BCUT2D eigenvalue weighted by molar-refractivity contribution is -0.116. The Balaban J connectivity index is 3.00. The minimum absolute atomic E-state index is 0.0716. The maximum absolute atomic E-state index is 11.4. The molecule has 0 saturated carbocycles. The van der Waals surface area contributed by atoms with Gasteiger partial charge in [0.15, 0.2) is 0 Å². The summed E-state index contributed by atoms with van der Waals surface area (Å²) in [6.07, 6.45) is 0. The zero-order valence-electron chi connectivity index (χ0n) is 8.62. The number of carbonyl (C=O) groups excluding carboxylic acids is 1. The molecular weight excluding hydrogens is 242 g/mol. The number of rotatable bonds is 2. The summed E-state index contributed by atoms with van der Waals surface area (Å²) in [5.74, 6) is 0.0716. The molecular formula is C11H14BrNO. The van der Waals surface area contributed by atoms with E-state index in [1.165, 1.54) is 0 Å². The van der Waals surface area contributed by atoms with E-state index in [0.717, 1.165) is 10.2 Å². The predicted octanol–water partition coefficient (Wildman–Crippen LogP) is 3.21. The molecule has 0 bridgehead atoms.